The van der Waals surface area contributed by atoms with Crippen molar-refractivity contribution in [2.24, 2.45) is 5.92 Å². The number of hydrogen-bond acceptors (Lipinski definition) is 6. The summed E-state index contributed by atoms with van der Waals surface area (Å²) in [7, 11) is -0.959. The average molecular weight is 304 g/mol. The third kappa shape index (κ3) is 4.06. The van der Waals surface area contributed by atoms with E-state index < -0.39 is 16.1 Å². The van der Waals surface area contributed by atoms with Crippen LogP contribution in [0.1, 0.15) is 19.6 Å². The zero-order valence-electron chi connectivity index (χ0n) is 12.0. The zero-order chi connectivity index (χ0) is 15.3. The van der Waals surface area contributed by atoms with Gasteiger partial charge in [0.1, 0.15) is 11.8 Å². The van der Waals surface area contributed by atoms with Crippen LogP contribution in [0.5, 0.6) is 0 Å². The molecule has 1 aromatic rings. The number of sulfonamides is 1. The van der Waals surface area contributed by atoms with Gasteiger partial charge in [-0.2, -0.15) is 0 Å². The molecule has 8 heteroatoms. The van der Waals surface area contributed by atoms with Crippen LogP contribution in [0.25, 0.3) is 0 Å². The lowest BCUT2D eigenvalue weighted by molar-refractivity contribution is -0.144. The fourth-order valence-corrected chi connectivity index (χ4v) is 2.29. The molecule has 0 saturated carbocycles. The Bertz CT molecular complexity index is 550. The third-order valence-corrected chi connectivity index (χ3v) is 4.08. The summed E-state index contributed by atoms with van der Waals surface area (Å²) >= 11 is 0. The number of carbonyl (C=O) groups is 1. The Morgan fingerprint density at radius 1 is 1.40 bits per heavy atom. The first-order valence-electron chi connectivity index (χ1n) is 6.15. The van der Waals surface area contributed by atoms with Gasteiger partial charge in [0.25, 0.3) is 10.0 Å². The SMILES string of the molecule is CNS(=O)(=O)c1ccc(CNC(C(=O)OC)C(C)C)o1. The Kier molecular flexibility index (Phi) is 5.73. The molecule has 20 heavy (non-hydrogen) atoms. The van der Waals surface area contributed by atoms with Crippen LogP contribution in [0.3, 0.4) is 0 Å². The first-order valence-corrected chi connectivity index (χ1v) is 7.63. The van der Waals surface area contributed by atoms with E-state index in [4.69, 9.17) is 9.15 Å². The molecular weight excluding hydrogens is 284 g/mol. The summed E-state index contributed by atoms with van der Waals surface area (Å²) < 4.78 is 35.1. The Hall–Kier alpha value is -1.38. The highest BCUT2D eigenvalue weighted by atomic mass is 32.2. The van der Waals surface area contributed by atoms with Gasteiger partial charge in [0, 0.05) is 0 Å². The van der Waals surface area contributed by atoms with Crippen molar-refractivity contribution in [3.8, 4) is 0 Å². The standard InChI is InChI=1S/C12H20N2O5S/c1-8(2)11(12(15)18-4)14-7-9-5-6-10(19-9)20(16,17)13-3/h5-6,8,11,13-14H,7H2,1-4H3. The second-order valence-corrected chi connectivity index (χ2v) is 6.37. The lowest BCUT2D eigenvalue weighted by Gasteiger charge is -2.19. The molecule has 0 aromatic carbocycles. The highest BCUT2D eigenvalue weighted by Gasteiger charge is 2.23. The van der Waals surface area contributed by atoms with E-state index in [0.717, 1.165) is 0 Å². The molecule has 0 amide bonds. The number of nitrogens with one attached hydrogen (secondary N) is 2. The monoisotopic (exact) mass is 304 g/mol. The summed E-state index contributed by atoms with van der Waals surface area (Å²) in [6.45, 7) is 4.00. The van der Waals surface area contributed by atoms with Crippen molar-refractivity contribution in [3.05, 3.63) is 17.9 Å². The molecule has 0 bridgehead atoms. The molecule has 2 N–H and O–H groups in total. The van der Waals surface area contributed by atoms with Crippen molar-refractivity contribution < 1.29 is 22.4 Å². The molecule has 1 rings (SSSR count). The van der Waals surface area contributed by atoms with Gasteiger partial charge in [0.15, 0.2) is 0 Å². The molecule has 1 unspecified atom stereocenters. The zero-order valence-corrected chi connectivity index (χ0v) is 12.8. The lowest BCUT2D eigenvalue weighted by atomic mass is 10.0. The van der Waals surface area contributed by atoms with Crippen LogP contribution in [0.4, 0.5) is 0 Å². The van der Waals surface area contributed by atoms with Gasteiger partial charge in [-0.1, -0.05) is 13.8 Å². The molecule has 0 aliphatic rings. The van der Waals surface area contributed by atoms with Gasteiger partial charge in [-0.3, -0.25) is 10.1 Å². The van der Waals surface area contributed by atoms with Crippen LogP contribution < -0.4 is 10.0 Å². The smallest absolute Gasteiger partial charge is 0.323 e. The van der Waals surface area contributed by atoms with Crippen LogP contribution in [0.15, 0.2) is 21.6 Å². The number of furan rings is 1. The molecule has 0 saturated heterocycles. The fraction of sp³-hybridized carbons (Fsp3) is 0.583. The predicted molar refractivity (Wildman–Crippen MR) is 72.4 cm³/mol. The Balaban J connectivity index is 2.73. The van der Waals surface area contributed by atoms with E-state index >= 15 is 0 Å². The second-order valence-electron chi connectivity index (χ2n) is 4.55. The van der Waals surface area contributed by atoms with Crippen molar-refractivity contribution in [2.45, 2.75) is 31.5 Å². The molecule has 114 valence electrons. The molecule has 0 aliphatic heterocycles. The van der Waals surface area contributed by atoms with E-state index in [1.165, 1.54) is 20.2 Å². The summed E-state index contributed by atoms with van der Waals surface area (Å²) in [5, 5.41) is 2.83. The van der Waals surface area contributed by atoms with Crippen LogP contribution >= 0.6 is 0 Å². The van der Waals surface area contributed by atoms with Crippen molar-refractivity contribution >= 4 is 16.0 Å². The van der Waals surface area contributed by atoms with E-state index in [1.807, 2.05) is 13.8 Å². The van der Waals surface area contributed by atoms with E-state index in [-0.39, 0.29) is 23.5 Å². The van der Waals surface area contributed by atoms with Gasteiger partial charge in [0.2, 0.25) is 5.09 Å². The quantitative estimate of drug-likeness (QED) is 0.711. The summed E-state index contributed by atoms with van der Waals surface area (Å²) in [6, 6.07) is 2.44. The minimum absolute atomic E-state index is 0.0397. The van der Waals surface area contributed by atoms with E-state index in [1.54, 1.807) is 6.07 Å². The molecule has 1 aromatic heterocycles. The van der Waals surface area contributed by atoms with Gasteiger partial charge in [-0.25, -0.2) is 13.1 Å². The molecule has 7 nitrogen and oxygen atoms in total. The number of ether oxygens (including phenoxy) is 1. The van der Waals surface area contributed by atoms with Crippen molar-refractivity contribution in [2.75, 3.05) is 14.2 Å². The van der Waals surface area contributed by atoms with Gasteiger partial charge in [0.05, 0.1) is 13.7 Å². The second kappa shape index (κ2) is 6.87. The fourth-order valence-electron chi connectivity index (χ4n) is 1.63. The largest absolute Gasteiger partial charge is 0.468 e. The average Bonchev–Trinajstić information content (AvgIpc) is 2.87. The maximum atomic E-state index is 11.6. The third-order valence-electron chi connectivity index (χ3n) is 2.79. The summed E-state index contributed by atoms with van der Waals surface area (Å²) in [4.78, 5) is 11.6. The normalized spacial score (nSPS) is 13.4. The molecule has 1 heterocycles. The molecule has 0 fully saturated rings. The topological polar surface area (TPSA) is 97.6 Å². The Morgan fingerprint density at radius 3 is 2.55 bits per heavy atom. The van der Waals surface area contributed by atoms with Gasteiger partial charge < -0.3 is 9.15 Å². The molecule has 0 radical (unpaired) electrons. The lowest BCUT2D eigenvalue weighted by Crippen LogP contribution is -2.41. The highest BCUT2D eigenvalue weighted by molar-refractivity contribution is 7.89. The van der Waals surface area contributed by atoms with E-state index in [2.05, 4.69) is 10.0 Å². The number of hydrogen-bond donors (Lipinski definition) is 2. The summed E-state index contributed by atoms with van der Waals surface area (Å²) in [5.74, 6) is 0.0981. The van der Waals surface area contributed by atoms with E-state index in [0.29, 0.717) is 5.76 Å². The van der Waals surface area contributed by atoms with Crippen molar-refractivity contribution in [3.63, 3.8) is 0 Å². The number of rotatable bonds is 7. The van der Waals surface area contributed by atoms with Gasteiger partial charge in [-0.05, 0) is 25.1 Å². The van der Waals surface area contributed by atoms with Crippen LogP contribution in [-0.4, -0.2) is 34.6 Å². The maximum Gasteiger partial charge on any atom is 0.323 e. The maximum absolute atomic E-state index is 11.6. The minimum Gasteiger partial charge on any atom is -0.468 e. The predicted octanol–water partition coefficient (Wildman–Crippen LogP) is 0.475. The van der Waals surface area contributed by atoms with Crippen LogP contribution in [-0.2, 0) is 26.1 Å². The number of methoxy groups -OCH3 is 1. The molecule has 0 aliphatic carbocycles. The molecule has 1 atom stereocenters. The van der Waals surface area contributed by atoms with Crippen molar-refractivity contribution in [1.82, 2.24) is 10.0 Å². The number of carbonyl (C=O) groups excluding carboxylic acids is 1. The van der Waals surface area contributed by atoms with Crippen LogP contribution in [0, 0.1) is 5.92 Å². The van der Waals surface area contributed by atoms with Crippen LogP contribution in [0.2, 0.25) is 0 Å². The van der Waals surface area contributed by atoms with Crippen molar-refractivity contribution in [1.29, 1.82) is 0 Å². The van der Waals surface area contributed by atoms with E-state index in [9.17, 15) is 13.2 Å². The Labute approximate surface area is 118 Å². The van der Waals surface area contributed by atoms with Gasteiger partial charge in [-0.15, -0.1) is 0 Å². The molecular formula is C12H20N2O5S. The first kappa shape index (κ1) is 16.7. The highest BCUT2D eigenvalue weighted by Crippen LogP contribution is 2.14. The minimum atomic E-state index is -3.59. The Morgan fingerprint density at radius 2 is 2.05 bits per heavy atom. The number of esters is 1. The summed E-state index contributed by atoms with van der Waals surface area (Å²) in [5.41, 5.74) is 0. The van der Waals surface area contributed by atoms with Gasteiger partial charge >= 0.3 is 5.97 Å². The first-order chi connectivity index (χ1) is 9.31. The summed E-state index contributed by atoms with van der Waals surface area (Å²) in [6.07, 6.45) is 0. The molecule has 0 spiro atoms.